The van der Waals surface area contributed by atoms with Gasteiger partial charge in [-0.3, -0.25) is 14.9 Å². The zero-order chi connectivity index (χ0) is 16.4. The van der Waals surface area contributed by atoms with E-state index in [-0.39, 0.29) is 16.7 Å². The van der Waals surface area contributed by atoms with E-state index in [2.05, 4.69) is 15.4 Å². The number of halogens is 2. The van der Waals surface area contributed by atoms with Gasteiger partial charge in [-0.2, -0.15) is 18.6 Å². The van der Waals surface area contributed by atoms with Gasteiger partial charge in [0.05, 0.1) is 5.69 Å². The lowest BCUT2D eigenvalue weighted by Crippen LogP contribution is -2.21. The molecule has 2 heterocycles. The number of anilines is 1. The monoisotopic (exact) mass is 329 g/mol. The number of alkyl halides is 2. The number of amides is 2. The SMILES string of the molecule is Cc1nc(NC(=O)c2ccnn2C(F)F)sc1C(=O)N(C)C. The first-order valence-electron chi connectivity index (χ1n) is 6.13. The second-order valence-corrected chi connectivity index (χ2v) is 5.53. The van der Waals surface area contributed by atoms with Gasteiger partial charge in [-0.15, -0.1) is 0 Å². The molecule has 2 amide bonds. The molecule has 2 aromatic rings. The molecule has 0 saturated heterocycles. The molecule has 0 unspecified atom stereocenters. The van der Waals surface area contributed by atoms with Gasteiger partial charge in [-0.1, -0.05) is 11.3 Å². The van der Waals surface area contributed by atoms with Crippen molar-refractivity contribution in [2.45, 2.75) is 13.5 Å². The van der Waals surface area contributed by atoms with Crippen molar-refractivity contribution in [2.75, 3.05) is 19.4 Å². The largest absolute Gasteiger partial charge is 0.344 e. The molecule has 0 fully saturated rings. The van der Waals surface area contributed by atoms with Crippen molar-refractivity contribution < 1.29 is 18.4 Å². The molecule has 0 radical (unpaired) electrons. The molecular weight excluding hydrogens is 316 g/mol. The molecule has 0 spiro atoms. The highest BCUT2D eigenvalue weighted by Crippen LogP contribution is 2.24. The van der Waals surface area contributed by atoms with Crippen LogP contribution in [-0.2, 0) is 0 Å². The van der Waals surface area contributed by atoms with Crippen LogP contribution in [-0.4, -0.2) is 45.6 Å². The van der Waals surface area contributed by atoms with Gasteiger partial charge in [-0.05, 0) is 13.0 Å². The Morgan fingerprint density at radius 3 is 2.68 bits per heavy atom. The Labute approximate surface area is 128 Å². The number of carbonyl (C=O) groups is 2. The van der Waals surface area contributed by atoms with Crippen LogP contribution in [0.2, 0.25) is 0 Å². The predicted molar refractivity (Wildman–Crippen MR) is 76.3 cm³/mol. The van der Waals surface area contributed by atoms with Gasteiger partial charge in [0.1, 0.15) is 10.6 Å². The smallest absolute Gasteiger partial charge is 0.333 e. The minimum atomic E-state index is -2.92. The number of hydrogen-bond donors (Lipinski definition) is 1. The van der Waals surface area contributed by atoms with Gasteiger partial charge >= 0.3 is 6.55 Å². The zero-order valence-corrected chi connectivity index (χ0v) is 12.8. The van der Waals surface area contributed by atoms with Crippen LogP contribution in [0.5, 0.6) is 0 Å². The van der Waals surface area contributed by atoms with Gasteiger partial charge in [-0.25, -0.2) is 4.98 Å². The predicted octanol–water partition coefficient (Wildman–Crippen LogP) is 2.00. The van der Waals surface area contributed by atoms with Crippen LogP contribution in [0.1, 0.15) is 32.4 Å². The molecule has 2 rings (SSSR count). The van der Waals surface area contributed by atoms with E-state index in [1.807, 2.05) is 0 Å². The van der Waals surface area contributed by atoms with E-state index in [1.165, 1.54) is 11.0 Å². The van der Waals surface area contributed by atoms with Crippen LogP contribution in [0.3, 0.4) is 0 Å². The summed E-state index contributed by atoms with van der Waals surface area (Å²) in [5, 5.41) is 5.94. The normalized spacial score (nSPS) is 10.8. The third-order valence-corrected chi connectivity index (χ3v) is 3.77. The Morgan fingerprint density at radius 1 is 1.41 bits per heavy atom. The van der Waals surface area contributed by atoms with Crippen molar-refractivity contribution in [3.05, 3.63) is 28.5 Å². The molecule has 0 aliphatic carbocycles. The highest BCUT2D eigenvalue weighted by Gasteiger charge is 2.21. The minimum Gasteiger partial charge on any atom is -0.344 e. The average Bonchev–Trinajstić information content (AvgIpc) is 3.04. The lowest BCUT2D eigenvalue weighted by atomic mass is 10.3. The Kier molecular flexibility index (Phi) is 4.50. The van der Waals surface area contributed by atoms with Gasteiger partial charge in [0.15, 0.2) is 5.13 Å². The van der Waals surface area contributed by atoms with Gasteiger partial charge in [0.25, 0.3) is 11.8 Å². The number of rotatable bonds is 4. The fraction of sp³-hybridized carbons (Fsp3) is 0.333. The van der Waals surface area contributed by atoms with E-state index in [4.69, 9.17) is 0 Å². The number of aromatic nitrogens is 3. The summed E-state index contributed by atoms with van der Waals surface area (Å²) in [6.45, 7) is -1.29. The van der Waals surface area contributed by atoms with E-state index in [0.717, 1.165) is 17.5 Å². The quantitative estimate of drug-likeness (QED) is 0.930. The minimum absolute atomic E-state index is 0.162. The van der Waals surface area contributed by atoms with Crippen molar-refractivity contribution in [1.29, 1.82) is 0 Å². The first kappa shape index (κ1) is 16.0. The van der Waals surface area contributed by atoms with E-state index in [9.17, 15) is 18.4 Å². The molecule has 0 aliphatic rings. The van der Waals surface area contributed by atoms with Crippen molar-refractivity contribution in [2.24, 2.45) is 0 Å². The number of hydrogen-bond acceptors (Lipinski definition) is 5. The second kappa shape index (κ2) is 6.18. The standard InChI is InChI=1S/C12H13F2N5O2S/c1-6-8(10(21)18(2)3)22-12(16-6)17-9(20)7-4-5-15-19(7)11(13)14/h4-5,11H,1-3H3,(H,16,17,20). The highest BCUT2D eigenvalue weighted by atomic mass is 32.1. The van der Waals surface area contributed by atoms with Gasteiger partial charge in [0, 0.05) is 20.3 Å². The summed E-state index contributed by atoms with van der Waals surface area (Å²) in [6, 6.07) is 1.17. The van der Waals surface area contributed by atoms with Crippen molar-refractivity contribution in [3.63, 3.8) is 0 Å². The van der Waals surface area contributed by atoms with Gasteiger partial charge in [0.2, 0.25) is 0 Å². The maximum absolute atomic E-state index is 12.7. The van der Waals surface area contributed by atoms with E-state index >= 15 is 0 Å². The van der Waals surface area contributed by atoms with Crippen LogP contribution in [0.25, 0.3) is 0 Å². The van der Waals surface area contributed by atoms with E-state index < -0.39 is 12.5 Å². The first-order chi connectivity index (χ1) is 10.3. The molecule has 0 aliphatic heterocycles. The summed E-state index contributed by atoms with van der Waals surface area (Å²) in [5.41, 5.74) is 0.171. The Morgan fingerprint density at radius 2 is 2.09 bits per heavy atom. The number of thiazole rings is 1. The molecule has 0 saturated carbocycles. The molecule has 0 aromatic carbocycles. The van der Waals surface area contributed by atoms with Gasteiger partial charge < -0.3 is 4.90 Å². The van der Waals surface area contributed by atoms with Crippen LogP contribution in [0, 0.1) is 6.92 Å². The number of carbonyl (C=O) groups excluding carboxylic acids is 2. The van der Waals surface area contributed by atoms with Crippen LogP contribution >= 0.6 is 11.3 Å². The lowest BCUT2D eigenvalue weighted by Gasteiger charge is -2.07. The molecule has 118 valence electrons. The molecule has 2 aromatic heterocycles. The first-order valence-corrected chi connectivity index (χ1v) is 6.95. The Bertz CT molecular complexity index is 710. The zero-order valence-electron chi connectivity index (χ0n) is 12.0. The second-order valence-electron chi connectivity index (χ2n) is 4.53. The molecular formula is C12H13F2N5O2S. The number of aryl methyl sites for hydroxylation is 1. The summed E-state index contributed by atoms with van der Waals surface area (Å²) in [4.78, 5) is 29.7. The van der Waals surface area contributed by atoms with Crippen LogP contribution < -0.4 is 5.32 Å². The van der Waals surface area contributed by atoms with Crippen molar-refractivity contribution in [3.8, 4) is 0 Å². The maximum Gasteiger partial charge on any atom is 0.333 e. The van der Waals surface area contributed by atoms with Crippen LogP contribution in [0.15, 0.2) is 12.3 Å². The van der Waals surface area contributed by atoms with E-state index in [1.54, 1.807) is 21.0 Å². The van der Waals surface area contributed by atoms with E-state index in [0.29, 0.717) is 15.3 Å². The fourth-order valence-corrected chi connectivity index (χ4v) is 2.65. The van der Waals surface area contributed by atoms with Crippen LogP contribution in [0.4, 0.5) is 13.9 Å². The maximum atomic E-state index is 12.7. The summed E-state index contributed by atoms with van der Waals surface area (Å²) >= 11 is 0.984. The highest BCUT2D eigenvalue weighted by molar-refractivity contribution is 7.17. The third-order valence-electron chi connectivity index (χ3n) is 2.71. The molecule has 22 heavy (non-hydrogen) atoms. The summed E-state index contributed by atoms with van der Waals surface area (Å²) in [7, 11) is 3.20. The number of nitrogens with zero attached hydrogens (tertiary/aromatic N) is 4. The number of nitrogens with one attached hydrogen (secondary N) is 1. The Hall–Kier alpha value is -2.36. The molecule has 1 N–H and O–H groups in total. The molecule has 0 atom stereocenters. The molecule has 10 heteroatoms. The average molecular weight is 329 g/mol. The topological polar surface area (TPSA) is 80.1 Å². The summed E-state index contributed by atoms with van der Waals surface area (Å²) in [6.07, 6.45) is 1.11. The van der Waals surface area contributed by atoms with Crippen molar-refractivity contribution >= 4 is 28.3 Å². The lowest BCUT2D eigenvalue weighted by molar-refractivity contribution is 0.0520. The fourth-order valence-electron chi connectivity index (χ4n) is 1.66. The summed E-state index contributed by atoms with van der Waals surface area (Å²) in [5.74, 6) is -1.01. The third kappa shape index (κ3) is 3.11. The van der Waals surface area contributed by atoms with Crippen molar-refractivity contribution in [1.82, 2.24) is 19.7 Å². The molecule has 0 bridgehead atoms. The Balaban J connectivity index is 2.21. The summed E-state index contributed by atoms with van der Waals surface area (Å²) < 4.78 is 25.7. The molecule has 7 nitrogen and oxygen atoms in total.